The van der Waals surface area contributed by atoms with Gasteiger partial charge in [-0.2, -0.15) is 4.98 Å². The lowest BCUT2D eigenvalue weighted by molar-refractivity contribution is 0.291. The molecule has 0 spiro atoms. The number of fused-ring (bicyclic) bond motifs is 1. The number of anilines is 1. The Morgan fingerprint density at radius 2 is 2.12 bits per heavy atom. The monoisotopic (exact) mass is 477 g/mol. The molecule has 0 aliphatic rings. The molecule has 3 rings (SSSR count). The fourth-order valence-corrected chi connectivity index (χ4v) is 3.51. The number of allylic oxidation sites excluding steroid dienone is 2. The summed E-state index contributed by atoms with van der Waals surface area (Å²) in [6, 6.07) is 0. The van der Waals surface area contributed by atoms with Crippen molar-refractivity contribution in [1.29, 1.82) is 0 Å². The first-order chi connectivity index (χ1) is 15.3. The Kier molecular flexibility index (Phi) is 7.42. The summed E-state index contributed by atoms with van der Waals surface area (Å²) in [4.78, 5) is 12.6. The van der Waals surface area contributed by atoms with Crippen molar-refractivity contribution in [3.8, 4) is 5.88 Å². The van der Waals surface area contributed by atoms with E-state index in [1.54, 1.807) is 31.1 Å². The molecule has 0 radical (unpaired) electrons. The minimum atomic E-state index is 0.170. The van der Waals surface area contributed by atoms with Gasteiger partial charge < -0.3 is 19.8 Å². The molecule has 2 N–H and O–H groups in total. The second-order valence-electron chi connectivity index (χ2n) is 7.00. The molecule has 3 heterocycles. The van der Waals surface area contributed by atoms with Gasteiger partial charge in [-0.05, 0) is 38.8 Å². The summed E-state index contributed by atoms with van der Waals surface area (Å²) in [6.45, 7) is 10.3. The van der Waals surface area contributed by atoms with Crippen molar-refractivity contribution in [1.82, 2.24) is 24.3 Å². The van der Waals surface area contributed by atoms with Crippen LogP contribution in [0.1, 0.15) is 26.0 Å². The maximum absolute atomic E-state index is 6.26. The Hall–Kier alpha value is -3.04. The van der Waals surface area contributed by atoms with E-state index < -0.39 is 0 Å². The van der Waals surface area contributed by atoms with E-state index in [2.05, 4.69) is 26.6 Å². The molecule has 3 aromatic heterocycles. The lowest BCUT2D eigenvalue weighted by Crippen LogP contribution is -2.14. The van der Waals surface area contributed by atoms with Gasteiger partial charge in [0, 0.05) is 24.6 Å². The lowest BCUT2D eigenvalue weighted by atomic mass is 10.3. The second-order valence-corrected chi connectivity index (χ2v) is 7.74. The van der Waals surface area contributed by atoms with Crippen molar-refractivity contribution in [2.75, 3.05) is 19.5 Å². The van der Waals surface area contributed by atoms with Crippen LogP contribution in [0.5, 0.6) is 5.88 Å². The molecule has 0 saturated heterocycles. The number of aliphatic imine (C=N–C) groups is 1. The minimum Gasteiger partial charge on any atom is -0.479 e. The highest BCUT2D eigenvalue weighted by Gasteiger charge is 2.19. The van der Waals surface area contributed by atoms with Gasteiger partial charge in [0.05, 0.1) is 29.8 Å². The Labute approximate surface area is 196 Å². The first kappa shape index (κ1) is 23.6. The molecule has 0 aromatic carbocycles. The van der Waals surface area contributed by atoms with Gasteiger partial charge >= 0.3 is 0 Å². The van der Waals surface area contributed by atoms with Crippen molar-refractivity contribution in [2.45, 2.75) is 33.7 Å². The van der Waals surface area contributed by atoms with Crippen LogP contribution in [0.15, 0.2) is 35.7 Å². The number of aromatic nitrogens is 5. The summed E-state index contributed by atoms with van der Waals surface area (Å²) in [6.07, 6.45) is 5.92. The first-order valence-corrected chi connectivity index (χ1v) is 10.6. The van der Waals surface area contributed by atoms with Crippen LogP contribution in [-0.4, -0.2) is 43.9 Å². The van der Waals surface area contributed by atoms with E-state index in [0.29, 0.717) is 64.8 Å². The van der Waals surface area contributed by atoms with Crippen LogP contribution in [0.25, 0.3) is 16.7 Å². The molecule has 0 saturated carbocycles. The number of aryl methyl sites for hydroxylation is 1. The molecule has 0 aliphatic carbocycles. The zero-order valence-electron chi connectivity index (χ0n) is 18.4. The number of hydrogen-bond donors (Lipinski definition) is 1. The Morgan fingerprint density at radius 1 is 1.38 bits per heavy atom. The molecule has 0 bridgehead atoms. The quantitative estimate of drug-likeness (QED) is 0.217. The lowest BCUT2D eigenvalue weighted by Gasteiger charge is -2.11. The molecule has 0 amide bonds. The topological polar surface area (TPSA) is 105 Å². The van der Waals surface area contributed by atoms with E-state index in [9.17, 15) is 0 Å². The smallest absolute Gasteiger partial charge is 0.257 e. The number of nitrogen functional groups attached to an aromatic ring is 1. The summed E-state index contributed by atoms with van der Waals surface area (Å²) >= 11 is 12.2. The molecular weight excluding hydrogens is 453 g/mol. The molecule has 0 unspecified atom stereocenters. The van der Waals surface area contributed by atoms with E-state index in [1.165, 1.54) is 0 Å². The highest BCUT2D eigenvalue weighted by molar-refractivity contribution is 6.35. The molecule has 0 fully saturated rings. The molecule has 11 heteroatoms. The van der Waals surface area contributed by atoms with Crippen LogP contribution in [0.2, 0.25) is 10.3 Å². The minimum absolute atomic E-state index is 0.170. The zero-order valence-corrected chi connectivity index (χ0v) is 19.9. The van der Waals surface area contributed by atoms with Gasteiger partial charge in [-0.1, -0.05) is 24.3 Å². The number of methoxy groups -OCH3 is 1. The third kappa shape index (κ3) is 4.89. The van der Waals surface area contributed by atoms with Gasteiger partial charge in [-0.3, -0.25) is 0 Å². The standard InChI is InChI=1S/C21H25Cl2N7O2/c1-6-16(19(31-5)26-12(2)3)30-13(4)17(24)20(28-30)32-9-7-8-29-11-15(22)14-10-25-21(23)27-18(14)29/h6,10-11H,2,7-9,24H2,1,3-5H3/b16-6+,26-19?. The number of nitrogens with zero attached hydrogens (tertiary/aromatic N) is 6. The number of hydrogen-bond acceptors (Lipinski definition) is 7. The van der Waals surface area contributed by atoms with Gasteiger partial charge in [0.1, 0.15) is 17.0 Å². The van der Waals surface area contributed by atoms with Crippen molar-refractivity contribution in [2.24, 2.45) is 4.99 Å². The highest BCUT2D eigenvalue weighted by atomic mass is 35.5. The first-order valence-electron chi connectivity index (χ1n) is 9.86. The predicted octanol–water partition coefficient (Wildman–Crippen LogP) is 4.73. The largest absolute Gasteiger partial charge is 0.479 e. The van der Waals surface area contributed by atoms with E-state index in [-0.39, 0.29) is 5.28 Å². The van der Waals surface area contributed by atoms with Crippen molar-refractivity contribution < 1.29 is 9.47 Å². The maximum Gasteiger partial charge on any atom is 0.257 e. The van der Waals surface area contributed by atoms with Gasteiger partial charge in [-0.25, -0.2) is 14.7 Å². The van der Waals surface area contributed by atoms with E-state index in [0.717, 1.165) is 5.39 Å². The summed E-state index contributed by atoms with van der Waals surface area (Å²) in [7, 11) is 1.54. The normalized spacial score (nSPS) is 12.4. The average molecular weight is 478 g/mol. The number of rotatable bonds is 8. The summed E-state index contributed by atoms with van der Waals surface area (Å²) in [5.41, 5.74) is 9.33. The number of halogens is 2. The Bertz CT molecular complexity index is 1210. The maximum atomic E-state index is 6.26. The molecule has 0 atom stereocenters. The molecule has 170 valence electrons. The Morgan fingerprint density at radius 3 is 2.78 bits per heavy atom. The zero-order chi connectivity index (χ0) is 23.4. The van der Waals surface area contributed by atoms with Crippen molar-refractivity contribution >= 4 is 51.5 Å². The van der Waals surface area contributed by atoms with Crippen LogP contribution in [0.3, 0.4) is 0 Å². The molecule has 0 aliphatic heterocycles. The molecular formula is C21H25Cl2N7O2. The van der Waals surface area contributed by atoms with E-state index in [4.69, 9.17) is 38.4 Å². The van der Waals surface area contributed by atoms with Crippen LogP contribution in [0.4, 0.5) is 5.69 Å². The highest BCUT2D eigenvalue weighted by Crippen LogP contribution is 2.28. The van der Waals surface area contributed by atoms with Gasteiger partial charge in [0.25, 0.3) is 5.88 Å². The van der Waals surface area contributed by atoms with Crippen LogP contribution in [0, 0.1) is 6.92 Å². The van der Waals surface area contributed by atoms with Crippen LogP contribution >= 0.6 is 23.2 Å². The number of ether oxygens (including phenoxy) is 2. The fourth-order valence-electron chi connectivity index (χ4n) is 3.13. The SMILES string of the molecule is C=C(C)N=C(OC)/C(=C\C)n1nc(OCCCn2cc(Cl)c3cnc(Cl)nc32)c(N)c1C. The number of nitrogens with two attached hydrogens (primary N) is 1. The fraction of sp³-hybridized carbons (Fsp3) is 0.333. The average Bonchev–Trinajstić information content (AvgIpc) is 3.21. The summed E-state index contributed by atoms with van der Waals surface area (Å²) in [5.74, 6) is 0.725. The second kappa shape index (κ2) is 10.1. The molecule has 9 nitrogen and oxygen atoms in total. The van der Waals surface area contributed by atoms with Crippen LogP contribution < -0.4 is 10.5 Å². The van der Waals surface area contributed by atoms with Gasteiger partial charge in [0.2, 0.25) is 11.2 Å². The van der Waals surface area contributed by atoms with Crippen molar-refractivity contribution in [3.63, 3.8) is 0 Å². The third-order valence-electron chi connectivity index (χ3n) is 4.66. The molecule has 32 heavy (non-hydrogen) atoms. The van der Waals surface area contributed by atoms with Crippen molar-refractivity contribution in [3.05, 3.63) is 46.7 Å². The van der Waals surface area contributed by atoms with E-state index >= 15 is 0 Å². The van der Waals surface area contributed by atoms with Gasteiger partial charge in [-0.15, -0.1) is 5.10 Å². The Balaban J connectivity index is 1.72. The summed E-state index contributed by atoms with van der Waals surface area (Å²) in [5, 5.41) is 6.00. The van der Waals surface area contributed by atoms with Crippen LogP contribution in [-0.2, 0) is 11.3 Å². The van der Waals surface area contributed by atoms with E-state index in [1.807, 2.05) is 24.5 Å². The van der Waals surface area contributed by atoms with Gasteiger partial charge in [0.15, 0.2) is 0 Å². The summed E-state index contributed by atoms with van der Waals surface area (Å²) < 4.78 is 14.8. The molecule has 3 aromatic rings. The third-order valence-corrected chi connectivity index (χ3v) is 5.14. The predicted molar refractivity (Wildman–Crippen MR) is 128 cm³/mol.